The Kier molecular flexibility index (Phi) is 9.12. The number of para-hydroxylation sites is 1. The van der Waals surface area contributed by atoms with Crippen molar-refractivity contribution < 1.29 is 4.42 Å². The van der Waals surface area contributed by atoms with Gasteiger partial charge in [0, 0.05) is 50.1 Å². The molecular formula is C67H65BN2O. The highest BCUT2D eigenvalue weighted by Gasteiger charge is 2.52. The first kappa shape index (κ1) is 44.2. The normalized spacial score (nSPS) is 16.9. The van der Waals surface area contributed by atoms with Crippen LogP contribution in [0.1, 0.15) is 129 Å². The number of furan rings is 1. The zero-order valence-electron chi connectivity index (χ0n) is 43.7. The van der Waals surface area contributed by atoms with Crippen LogP contribution in [0.25, 0.3) is 55.3 Å². The first-order chi connectivity index (χ1) is 33.7. The van der Waals surface area contributed by atoms with Gasteiger partial charge in [0.2, 0.25) is 0 Å². The zero-order chi connectivity index (χ0) is 49.3. The van der Waals surface area contributed by atoms with E-state index >= 15 is 0 Å². The van der Waals surface area contributed by atoms with Gasteiger partial charge in [0.05, 0.1) is 5.69 Å². The molecule has 13 rings (SSSR count). The molecule has 9 aromatic rings. The monoisotopic (exact) mass is 925 g/mol. The lowest BCUT2D eigenvalue weighted by atomic mass is 9.42. The topological polar surface area (TPSA) is 19.6 Å². The van der Waals surface area contributed by atoms with Crippen LogP contribution in [0.3, 0.4) is 0 Å². The number of anilines is 5. The van der Waals surface area contributed by atoms with Crippen molar-refractivity contribution in [1.29, 1.82) is 0 Å². The average molecular weight is 925 g/mol. The van der Waals surface area contributed by atoms with E-state index in [2.05, 4.69) is 244 Å². The lowest BCUT2D eigenvalue weighted by Gasteiger charge is -2.49. The van der Waals surface area contributed by atoms with Crippen molar-refractivity contribution in [1.82, 2.24) is 0 Å². The molecule has 0 unspecified atom stereocenters. The maximum absolute atomic E-state index is 6.94. The molecule has 2 aliphatic heterocycles. The van der Waals surface area contributed by atoms with Crippen LogP contribution in [-0.4, -0.2) is 6.85 Å². The third-order valence-electron chi connectivity index (χ3n) is 17.4. The maximum atomic E-state index is 6.94. The van der Waals surface area contributed by atoms with Crippen molar-refractivity contribution >= 4 is 68.1 Å². The second-order valence-electron chi connectivity index (χ2n) is 25.2. The third-order valence-corrected chi connectivity index (χ3v) is 17.4. The molecule has 3 nitrogen and oxygen atoms in total. The summed E-state index contributed by atoms with van der Waals surface area (Å²) in [5, 5.41) is 2.33. The van der Waals surface area contributed by atoms with E-state index in [1.165, 1.54) is 112 Å². The fraction of sp³-hybridized carbons (Fsp3) is 0.284. The quantitative estimate of drug-likeness (QED) is 0.165. The van der Waals surface area contributed by atoms with Gasteiger partial charge in [-0.1, -0.05) is 174 Å². The summed E-state index contributed by atoms with van der Waals surface area (Å²) >= 11 is 0. The largest absolute Gasteiger partial charge is 0.456 e. The highest BCUT2D eigenvalue weighted by molar-refractivity contribution is 6.95. The van der Waals surface area contributed by atoms with Crippen LogP contribution in [-0.2, 0) is 27.1 Å². The second-order valence-corrected chi connectivity index (χ2v) is 25.2. The molecule has 0 amide bonds. The van der Waals surface area contributed by atoms with Crippen LogP contribution >= 0.6 is 0 Å². The standard InChI is InChI=1S/C67H65BN2O/c1-63(2,3)41-26-29-43(30-27-41)70-55-39-52-51(65(7,8)34-35-66(52,9)10)38-47(55)49-37-48-44-22-16-18-24-50(44)67(11,12)59(48)62-60(49)68(70)61-54(32-33-57-58(61)45-23-17-19-25-56(45)71-57)69(62)53-31-28-42(64(4,5)6)36-46(53)40-20-14-13-15-21-40/h13-33,36-39H,34-35H2,1-12H3. The van der Waals surface area contributed by atoms with Gasteiger partial charge in [-0.05, 0) is 162 Å². The number of hydrogen-bond donors (Lipinski definition) is 0. The minimum absolute atomic E-state index is 0.00668. The van der Waals surface area contributed by atoms with Crippen LogP contribution in [0, 0.1) is 0 Å². The fourth-order valence-electron chi connectivity index (χ4n) is 13.3. The summed E-state index contributed by atoms with van der Waals surface area (Å²) in [6.45, 7) is 28.6. The average Bonchev–Trinajstić information content (AvgIpc) is 3.84. The van der Waals surface area contributed by atoms with Crippen LogP contribution in [0.5, 0.6) is 0 Å². The molecule has 1 aromatic heterocycles. The molecule has 0 fully saturated rings. The van der Waals surface area contributed by atoms with E-state index in [1.807, 2.05) is 0 Å². The molecule has 0 atom stereocenters. The minimum Gasteiger partial charge on any atom is -0.456 e. The van der Waals surface area contributed by atoms with Gasteiger partial charge < -0.3 is 14.1 Å². The van der Waals surface area contributed by atoms with E-state index in [-0.39, 0.29) is 33.9 Å². The Morgan fingerprint density at radius 3 is 1.83 bits per heavy atom. The van der Waals surface area contributed by atoms with Crippen LogP contribution in [0.2, 0.25) is 0 Å². The molecule has 4 heteroatoms. The van der Waals surface area contributed by atoms with E-state index in [0.717, 1.165) is 29.4 Å². The van der Waals surface area contributed by atoms with Gasteiger partial charge in [0.15, 0.2) is 0 Å². The lowest BCUT2D eigenvalue weighted by molar-refractivity contribution is 0.332. The molecule has 4 aliphatic rings. The molecule has 0 radical (unpaired) electrons. The molecule has 0 bridgehead atoms. The predicted octanol–water partition coefficient (Wildman–Crippen LogP) is 17.2. The molecule has 0 saturated heterocycles. The first-order valence-electron chi connectivity index (χ1n) is 26.1. The van der Waals surface area contributed by atoms with Crippen molar-refractivity contribution in [2.24, 2.45) is 0 Å². The summed E-state index contributed by atoms with van der Waals surface area (Å²) in [5.41, 5.74) is 26.3. The summed E-state index contributed by atoms with van der Waals surface area (Å²) in [6, 6.07) is 58.5. The number of rotatable bonds is 3. The highest BCUT2D eigenvalue weighted by atomic mass is 16.3. The summed E-state index contributed by atoms with van der Waals surface area (Å²) in [5.74, 6) is 0. The fourth-order valence-corrected chi connectivity index (χ4v) is 13.3. The Hall–Kier alpha value is -6.78. The molecule has 352 valence electrons. The number of benzene rings is 8. The summed E-state index contributed by atoms with van der Waals surface area (Å²) < 4.78 is 6.94. The van der Waals surface area contributed by atoms with Crippen LogP contribution in [0.4, 0.5) is 28.4 Å². The van der Waals surface area contributed by atoms with E-state index in [1.54, 1.807) is 0 Å². The third kappa shape index (κ3) is 6.28. The van der Waals surface area contributed by atoms with E-state index < -0.39 is 0 Å². The Bertz CT molecular complexity index is 3710. The molecule has 2 aliphatic carbocycles. The lowest BCUT2D eigenvalue weighted by Crippen LogP contribution is -2.62. The van der Waals surface area contributed by atoms with Crippen LogP contribution in [0.15, 0.2) is 156 Å². The minimum atomic E-state index is -0.317. The van der Waals surface area contributed by atoms with Gasteiger partial charge in [0.1, 0.15) is 11.2 Å². The molecule has 0 saturated carbocycles. The van der Waals surface area contributed by atoms with E-state index in [0.29, 0.717) is 0 Å². The maximum Gasteiger partial charge on any atom is 0.333 e. The Labute approximate surface area is 421 Å². The highest BCUT2D eigenvalue weighted by Crippen LogP contribution is 2.60. The molecular weight excluding hydrogens is 860 g/mol. The van der Waals surface area contributed by atoms with Crippen molar-refractivity contribution in [3.8, 4) is 33.4 Å². The van der Waals surface area contributed by atoms with Crippen LogP contribution < -0.4 is 20.6 Å². The Balaban J connectivity index is 1.26. The predicted molar refractivity (Wildman–Crippen MR) is 303 cm³/mol. The number of nitrogens with zero attached hydrogens (tertiary/aromatic N) is 2. The molecule has 0 N–H and O–H groups in total. The summed E-state index contributed by atoms with van der Waals surface area (Å²) in [7, 11) is 0. The van der Waals surface area contributed by atoms with Gasteiger partial charge in [-0.2, -0.15) is 0 Å². The van der Waals surface area contributed by atoms with Crippen molar-refractivity contribution in [3.63, 3.8) is 0 Å². The summed E-state index contributed by atoms with van der Waals surface area (Å²) in [4.78, 5) is 5.47. The number of fused-ring (bicyclic) bond motifs is 13. The summed E-state index contributed by atoms with van der Waals surface area (Å²) in [6.07, 6.45) is 2.29. The van der Waals surface area contributed by atoms with Crippen molar-refractivity contribution in [3.05, 3.63) is 185 Å². The van der Waals surface area contributed by atoms with E-state index in [9.17, 15) is 0 Å². The van der Waals surface area contributed by atoms with Gasteiger partial charge in [0.25, 0.3) is 0 Å². The van der Waals surface area contributed by atoms with Gasteiger partial charge in [-0.15, -0.1) is 0 Å². The Morgan fingerprint density at radius 2 is 1.11 bits per heavy atom. The SMILES string of the molecule is CC(C)(C)c1ccc(N2B3c4c(cc5c(c4N(c4ccc(C(C)(C)C)cc4-c4ccccc4)c4ccc6oc7ccccc7c6c43)C(C)(C)c3ccccc3-5)-c3cc4c(cc32)C(C)(C)CCC4(C)C)cc1. The Morgan fingerprint density at radius 1 is 0.479 bits per heavy atom. The van der Waals surface area contributed by atoms with Gasteiger partial charge >= 0.3 is 6.85 Å². The molecule has 3 heterocycles. The number of hydrogen-bond acceptors (Lipinski definition) is 3. The first-order valence-corrected chi connectivity index (χ1v) is 26.1. The van der Waals surface area contributed by atoms with E-state index in [4.69, 9.17) is 4.42 Å². The van der Waals surface area contributed by atoms with Crippen molar-refractivity contribution in [2.45, 2.75) is 123 Å². The molecule has 8 aromatic carbocycles. The molecule has 0 spiro atoms. The molecule has 71 heavy (non-hydrogen) atoms. The second kappa shape index (κ2) is 14.7. The van der Waals surface area contributed by atoms with Gasteiger partial charge in [-0.3, -0.25) is 0 Å². The van der Waals surface area contributed by atoms with Crippen molar-refractivity contribution in [2.75, 3.05) is 9.71 Å². The van der Waals surface area contributed by atoms with Gasteiger partial charge in [-0.25, -0.2) is 0 Å². The zero-order valence-corrected chi connectivity index (χ0v) is 43.7. The smallest absolute Gasteiger partial charge is 0.333 e.